The molecule has 1 saturated heterocycles. The monoisotopic (exact) mass is 496 g/mol. The molecule has 1 heterocycles. The van der Waals surface area contributed by atoms with E-state index in [1.807, 2.05) is 30.3 Å². The van der Waals surface area contributed by atoms with E-state index in [2.05, 4.69) is 42.5 Å². The van der Waals surface area contributed by atoms with Crippen LogP contribution in [0, 0.1) is 0 Å². The molecule has 1 aliphatic heterocycles. The Morgan fingerprint density at radius 3 is 2.58 bits per heavy atom. The molecule has 0 aromatic heterocycles. The van der Waals surface area contributed by atoms with Gasteiger partial charge in [-0.25, -0.2) is 0 Å². The average Bonchev–Trinajstić information content (AvgIpc) is 2.92. The van der Waals surface area contributed by atoms with Crippen molar-refractivity contribution in [2.45, 2.75) is 6.61 Å². The molecule has 5 nitrogen and oxygen atoms in total. The van der Waals surface area contributed by atoms with Crippen molar-refractivity contribution in [1.82, 2.24) is 10.6 Å². The second kappa shape index (κ2) is 8.20. The van der Waals surface area contributed by atoms with Gasteiger partial charge in [0.1, 0.15) is 12.3 Å². The molecule has 0 aliphatic carbocycles. The summed E-state index contributed by atoms with van der Waals surface area (Å²) in [7, 11) is 1.57. The van der Waals surface area contributed by atoms with Gasteiger partial charge < -0.3 is 14.8 Å². The van der Waals surface area contributed by atoms with Gasteiger partial charge in [0.15, 0.2) is 16.6 Å². The lowest BCUT2D eigenvalue weighted by Crippen LogP contribution is -2.21. The topological polar surface area (TPSA) is 59.6 Å². The first kappa shape index (κ1) is 18.9. The van der Waals surface area contributed by atoms with Crippen LogP contribution in [0.2, 0.25) is 0 Å². The van der Waals surface area contributed by atoms with E-state index >= 15 is 0 Å². The molecule has 0 radical (unpaired) electrons. The van der Waals surface area contributed by atoms with Crippen LogP contribution in [0.4, 0.5) is 0 Å². The second-order valence-electron chi connectivity index (χ2n) is 5.40. The Morgan fingerprint density at radius 2 is 1.92 bits per heavy atom. The number of hydrogen-bond acceptors (Lipinski definition) is 4. The number of carbonyl (C=O) groups is 1. The Morgan fingerprint density at radius 1 is 1.12 bits per heavy atom. The highest BCUT2D eigenvalue weighted by Gasteiger charge is 2.20. The maximum absolute atomic E-state index is 11.7. The molecule has 0 spiro atoms. The van der Waals surface area contributed by atoms with Crippen LogP contribution in [0.5, 0.6) is 11.5 Å². The van der Waals surface area contributed by atoms with E-state index in [0.717, 1.165) is 20.1 Å². The van der Waals surface area contributed by atoms with E-state index in [0.29, 0.717) is 28.9 Å². The van der Waals surface area contributed by atoms with Crippen LogP contribution in [-0.2, 0) is 11.4 Å². The fourth-order valence-corrected chi connectivity index (χ4v) is 3.70. The van der Waals surface area contributed by atoms with Gasteiger partial charge in [-0.05, 0) is 48.1 Å². The van der Waals surface area contributed by atoms with Gasteiger partial charge in [-0.3, -0.25) is 10.1 Å². The van der Waals surface area contributed by atoms with Crippen LogP contribution in [0.3, 0.4) is 0 Å². The summed E-state index contributed by atoms with van der Waals surface area (Å²) >= 11 is 11.9. The van der Waals surface area contributed by atoms with E-state index in [1.54, 1.807) is 19.3 Å². The molecule has 2 aromatic carbocycles. The summed E-state index contributed by atoms with van der Waals surface area (Å²) in [6.45, 7) is 0.392. The largest absolute Gasteiger partial charge is 0.493 e. The highest BCUT2D eigenvalue weighted by atomic mass is 79.9. The summed E-state index contributed by atoms with van der Waals surface area (Å²) < 4.78 is 13.3. The maximum Gasteiger partial charge on any atom is 0.273 e. The van der Waals surface area contributed by atoms with Crippen LogP contribution >= 0.6 is 44.1 Å². The summed E-state index contributed by atoms with van der Waals surface area (Å²) in [5.41, 5.74) is 2.20. The van der Waals surface area contributed by atoms with Gasteiger partial charge in [0.05, 0.1) is 7.11 Å². The third kappa shape index (κ3) is 4.44. The van der Waals surface area contributed by atoms with Crippen LogP contribution in [-0.4, -0.2) is 18.1 Å². The van der Waals surface area contributed by atoms with Gasteiger partial charge in [-0.1, -0.05) is 44.0 Å². The van der Waals surface area contributed by atoms with Crippen molar-refractivity contribution in [3.05, 3.63) is 62.2 Å². The Hall–Kier alpha value is -1.90. The predicted molar refractivity (Wildman–Crippen MR) is 111 cm³/mol. The van der Waals surface area contributed by atoms with E-state index in [4.69, 9.17) is 21.7 Å². The van der Waals surface area contributed by atoms with E-state index in [9.17, 15) is 4.79 Å². The Kier molecular flexibility index (Phi) is 5.95. The lowest BCUT2D eigenvalue weighted by Gasteiger charge is -2.12. The molecule has 2 aromatic rings. The van der Waals surface area contributed by atoms with E-state index < -0.39 is 0 Å². The van der Waals surface area contributed by atoms with Gasteiger partial charge in [-0.15, -0.1) is 0 Å². The number of hydrogen-bond donors (Lipinski definition) is 2. The number of carbonyl (C=O) groups excluding carboxylic acids is 1. The predicted octanol–water partition coefficient (Wildman–Crippen LogP) is 4.14. The minimum atomic E-state index is -0.255. The van der Waals surface area contributed by atoms with Gasteiger partial charge >= 0.3 is 0 Å². The van der Waals surface area contributed by atoms with Crippen molar-refractivity contribution < 1.29 is 14.3 Å². The van der Waals surface area contributed by atoms with Crippen LogP contribution in [0.1, 0.15) is 11.1 Å². The Bertz CT molecular complexity index is 915. The van der Waals surface area contributed by atoms with Crippen molar-refractivity contribution in [3.8, 4) is 11.5 Å². The van der Waals surface area contributed by atoms with E-state index in [1.165, 1.54) is 0 Å². The molecule has 3 rings (SSSR count). The molecule has 1 fully saturated rings. The molecule has 134 valence electrons. The number of nitrogens with one attached hydrogen (secondary N) is 2. The van der Waals surface area contributed by atoms with Crippen LogP contribution in [0.25, 0.3) is 6.08 Å². The normalized spacial score (nSPS) is 15.0. The summed E-state index contributed by atoms with van der Waals surface area (Å²) in [6, 6.07) is 11.4. The van der Waals surface area contributed by atoms with Crippen molar-refractivity contribution in [1.29, 1.82) is 0 Å². The summed E-state index contributed by atoms with van der Waals surface area (Å²) in [6.07, 6.45) is 1.70. The van der Waals surface area contributed by atoms with Gasteiger partial charge in [0, 0.05) is 14.5 Å². The third-order valence-electron chi connectivity index (χ3n) is 3.62. The first-order valence-electron chi connectivity index (χ1n) is 7.55. The first-order chi connectivity index (χ1) is 12.5. The average molecular weight is 498 g/mol. The van der Waals surface area contributed by atoms with Crippen molar-refractivity contribution in [3.63, 3.8) is 0 Å². The lowest BCUT2D eigenvalue weighted by atomic mass is 10.1. The molecule has 0 bridgehead atoms. The standard InChI is InChI=1S/C18H14Br2N2O3S/c1-24-16-7-10(6-14-17(23)22-18(26)21-14)2-5-15(16)25-9-11-3-4-12(19)8-13(11)20/h2-8H,9H2,1H3,(H2,21,22,23,26). The molecule has 8 heteroatoms. The smallest absolute Gasteiger partial charge is 0.273 e. The molecule has 2 N–H and O–H groups in total. The number of amides is 1. The Balaban J connectivity index is 1.77. The highest BCUT2D eigenvalue weighted by Crippen LogP contribution is 2.31. The number of halogens is 2. The van der Waals surface area contributed by atoms with Crippen molar-refractivity contribution in [2.75, 3.05) is 7.11 Å². The van der Waals surface area contributed by atoms with Gasteiger partial charge in [0.2, 0.25) is 0 Å². The minimum Gasteiger partial charge on any atom is -0.493 e. The summed E-state index contributed by atoms with van der Waals surface area (Å²) in [5, 5.41) is 5.64. The second-order valence-corrected chi connectivity index (χ2v) is 7.58. The molecule has 1 amide bonds. The fraction of sp³-hybridized carbons (Fsp3) is 0.111. The number of methoxy groups -OCH3 is 1. The number of benzene rings is 2. The minimum absolute atomic E-state index is 0.255. The molecule has 26 heavy (non-hydrogen) atoms. The number of ether oxygens (including phenoxy) is 2. The molecular formula is C18H14Br2N2O3S. The Labute approximate surface area is 173 Å². The van der Waals surface area contributed by atoms with Gasteiger partial charge in [-0.2, -0.15) is 0 Å². The summed E-state index contributed by atoms with van der Waals surface area (Å²) in [5.74, 6) is 0.937. The third-order valence-corrected chi connectivity index (χ3v) is 5.05. The zero-order valence-electron chi connectivity index (χ0n) is 13.6. The molecule has 1 aliphatic rings. The SMILES string of the molecule is COc1cc(C=C2NC(=S)NC2=O)ccc1OCc1ccc(Br)cc1Br. The van der Waals surface area contributed by atoms with E-state index in [-0.39, 0.29) is 5.91 Å². The molecule has 0 saturated carbocycles. The molecule has 0 atom stereocenters. The number of thiocarbonyl (C=S) groups is 1. The van der Waals surface area contributed by atoms with Gasteiger partial charge in [0.25, 0.3) is 5.91 Å². The maximum atomic E-state index is 11.7. The van der Waals surface area contributed by atoms with Crippen molar-refractivity contribution >= 4 is 61.2 Å². The quantitative estimate of drug-likeness (QED) is 0.480. The zero-order chi connectivity index (χ0) is 18.7. The zero-order valence-corrected chi connectivity index (χ0v) is 17.6. The lowest BCUT2D eigenvalue weighted by molar-refractivity contribution is -0.115. The summed E-state index contributed by atoms with van der Waals surface area (Å²) in [4.78, 5) is 11.7. The molecular weight excluding hydrogens is 484 g/mol. The highest BCUT2D eigenvalue weighted by molar-refractivity contribution is 9.11. The van der Waals surface area contributed by atoms with Crippen LogP contribution in [0.15, 0.2) is 51.0 Å². The first-order valence-corrected chi connectivity index (χ1v) is 9.54. The van der Waals surface area contributed by atoms with Crippen LogP contribution < -0.4 is 20.1 Å². The molecule has 0 unspecified atom stereocenters. The van der Waals surface area contributed by atoms with Crippen molar-refractivity contribution in [2.24, 2.45) is 0 Å². The fourth-order valence-electron chi connectivity index (χ4n) is 2.34. The number of rotatable bonds is 5.